The third kappa shape index (κ3) is 2.69. The molecule has 27 heavy (non-hydrogen) atoms. The molecule has 0 radical (unpaired) electrons. The summed E-state index contributed by atoms with van der Waals surface area (Å²) in [7, 11) is 0. The number of piperidine rings is 2. The van der Waals surface area contributed by atoms with Crippen LogP contribution in [-0.2, 0) is 5.60 Å². The first-order valence-electron chi connectivity index (χ1n) is 10.2. The van der Waals surface area contributed by atoms with Gasteiger partial charge in [0, 0.05) is 42.0 Å². The van der Waals surface area contributed by atoms with Crippen molar-refractivity contribution in [3.8, 4) is 17.0 Å². The standard InChI is InChI=1S/C21H29N5O/c1-14-18-19(25-26(14)15-4-9-24-20(2,3)12-15)16-13-23-8-5-17(16)27-21(18)6-10-22-11-7-21/h5,8,13,15,22,24H,4,6-7,9-12H2,1-3H3. The fourth-order valence-electron chi connectivity index (χ4n) is 5.25. The van der Waals surface area contributed by atoms with Crippen LogP contribution >= 0.6 is 0 Å². The molecule has 2 aromatic heterocycles. The smallest absolute Gasteiger partial charge is 0.140 e. The van der Waals surface area contributed by atoms with Crippen molar-refractivity contribution in [2.75, 3.05) is 19.6 Å². The zero-order chi connectivity index (χ0) is 18.6. The Morgan fingerprint density at radius 1 is 1.22 bits per heavy atom. The predicted octanol–water partition coefficient (Wildman–Crippen LogP) is 2.93. The van der Waals surface area contributed by atoms with Gasteiger partial charge in [0.15, 0.2) is 0 Å². The molecule has 0 bridgehead atoms. The summed E-state index contributed by atoms with van der Waals surface area (Å²) in [5.74, 6) is 0.926. The van der Waals surface area contributed by atoms with E-state index in [0.29, 0.717) is 6.04 Å². The maximum absolute atomic E-state index is 6.66. The van der Waals surface area contributed by atoms with Crippen LogP contribution in [-0.4, -0.2) is 39.9 Å². The molecule has 1 unspecified atom stereocenters. The number of aromatic nitrogens is 3. The number of fused-ring (bicyclic) bond motifs is 4. The average Bonchev–Trinajstić information content (AvgIpc) is 3.00. The molecule has 0 aliphatic carbocycles. The summed E-state index contributed by atoms with van der Waals surface area (Å²) in [6.45, 7) is 9.79. The van der Waals surface area contributed by atoms with Crippen LogP contribution in [0.4, 0.5) is 0 Å². The maximum Gasteiger partial charge on any atom is 0.140 e. The molecule has 144 valence electrons. The minimum Gasteiger partial charge on any atom is -0.481 e. The molecule has 5 rings (SSSR count). The molecular weight excluding hydrogens is 338 g/mol. The first kappa shape index (κ1) is 17.2. The normalized spacial score (nSPS) is 25.5. The number of pyridine rings is 1. The van der Waals surface area contributed by atoms with Crippen LogP contribution in [0.5, 0.6) is 5.75 Å². The lowest BCUT2D eigenvalue weighted by Gasteiger charge is -2.41. The third-order valence-corrected chi connectivity index (χ3v) is 6.53. The van der Waals surface area contributed by atoms with Crippen molar-refractivity contribution >= 4 is 0 Å². The molecule has 0 aromatic carbocycles. The van der Waals surface area contributed by atoms with Crippen molar-refractivity contribution in [2.45, 2.75) is 63.6 Å². The van der Waals surface area contributed by atoms with Gasteiger partial charge in [-0.2, -0.15) is 5.10 Å². The summed E-state index contributed by atoms with van der Waals surface area (Å²) < 4.78 is 8.96. The molecule has 6 heteroatoms. The zero-order valence-corrected chi connectivity index (χ0v) is 16.5. The molecule has 1 spiro atoms. The van der Waals surface area contributed by atoms with Crippen molar-refractivity contribution in [2.24, 2.45) is 0 Å². The van der Waals surface area contributed by atoms with Gasteiger partial charge in [-0.15, -0.1) is 0 Å². The summed E-state index contributed by atoms with van der Waals surface area (Å²) >= 11 is 0. The van der Waals surface area contributed by atoms with Crippen LogP contribution in [0.1, 0.15) is 56.8 Å². The maximum atomic E-state index is 6.66. The Bertz CT molecular complexity index is 865. The molecule has 5 heterocycles. The molecule has 2 fully saturated rings. The highest BCUT2D eigenvalue weighted by Gasteiger charge is 2.46. The summed E-state index contributed by atoms with van der Waals surface area (Å²) in [5.41, 5.74) is 4.56. The second-order valence-electron chi connectivity index (χ2n) is 8.93. The second kappa shape index (κ2) is 6.04. The average molecular weight is 367 g/mol. The molecule has 6 nitrogen and oxygen atoms in total. The summed E-state index contributed by atoms with van der Waals surface area (Å²) in [4.78, 5) is 4.35. The Morgan fingerprint density at radius 3 is 2.81 bits per heavy atom. The van der Waals surface area contributed by atoms with Crippen LogP contribution in [0.3, 0.4) is 0 Å². The van der Waals surface area contributed by atoms with E-state index in [0.717, 1.165) is 62.3 Å². The van der Waals surface area contributed by atoms with Crippen molar-refractivity contribution in [1.82, 2.24) is 25.4 Å². The van der Waals surface area contributed by atoms with Crippen molar-refractivity contribution < 1.29 is 4.74 Å². The summed E-state index contributed by atoms with van der Waals surface area (Å²) in [6.07, 6.45) is 7.88. The zero-order valence-electron chi connectivity index (χ0n) is 16.5. The first-order chi connectivity index (χ1) is 13.0. The Morgan fingerprint density at radius 2 is 2.04 bits per heavy atom. The van der Waals surface area contributed by atoms with E-state index in [1.807, 2.05) is 18.5 Å². The molecule has 3 aliphatic heterocycles. The fraction of sp³-hybridized carbons (Fsp3) is 0.619. The number of hydrogen-bond donors (Lipinski definition) is 2. The molecule has 2 saturated heterocycles. The van der Waals surface area contributed by atoms with E-state index in [9.17, 15) is 0 Å². The molecule has 2 aromatic rings. The lowest BCUT2D eigenvalue weighted by atomic mass is 9.80. The van der Waals surface area contributed by atoms with Gasteiger partial charge in [0.25, 0.3) is 0 Å². The van der Waals surface area contributed by atoms with E-state index in [1.54, 1.807) is 0 Å². The van der Waals surface area contributed by atoms with E-state index >= 15 is 0 Å². The Kier molecular flexibility index (Phi) is 3.85. The largest absolute Gasteiger partial charge is 0.481 e. The van der Waals surface area contributed by atoms with E-state index in [-0.39, 0.29) is 11.1 Å². The molecule has 3 aliphatic rings. The predicted molar refractivity (Wildman–Crippen MR) is 105 cm³/mol. The monoisotopic (exact) mass is 367 g/mol. The van der Waals surface area contributed by atoms with Crippen molar-refractivity contribution in [3.05, 3.63) is 29.7 Å². The molecule has 1 atom stereocenters. The lowest BCUT2D eigenvalue weighted by molar-refractivity contribution is 0.0299. The highest BCUT2D eigenvalue weighted by molar-refractivity contribution is 5.73. The molecule has 2 N–H and O–H groups in total. The van der Waals surface area contributed by atoms with Crippen LogP contribution in [0, 0.1) is 6.92 Å². The molecule has 0 amide bonds. The number of hydrogen-bond acceptors (Lipinski definition) is 5. The summed E-state index contributed by atoms with van der Waals surface area (Å²) in [6, 6.07) is 2.41. The van der Waals surface area contributed by atoms with Crippen LogP contribution in [0.25, 0.3) is 11.3 Å². The quantitative estimate of drug-likeness (QED) is 0.811. The van der Waals surface area contributed by atoms with Crippen molar-refractivity contribution in [1.29, 1.82) is 0 Å². The highest BCUT2D eigenvalue weighted by Crippen LogP contribution is 2.50. The van der Waals surface area contributed by atoms with Gasteiger partial charge in [0.05, 0.1) is 11.6 Å². The van der Waals surface area contributed by atoms with Crippen LogP contribution in [0.15, 0.2) is 18.5 Å². The fourth-order valence-corrected chi connectivity index (χ4v) is 5.25. The molecular formula is C21H29N5O. The number of rotatable bonds is 1. The second-order valence-corrected chi connectivity index (χ2v) is 8.93. The Hall–Kier alpha value is -1.92. The lowest BCUT2D eigenvalue weighted by Crippen LogP contribution is -2.47. The molecule has 0 saturated carbocycles. The van der Waals surface area contributed by atoms with Gasteiger partial charge in [-0.1, -0.05) is 0 Å². The van der Waals surface area contributed by atoms with Gasteiger partial charge >= 0.3 is 0 Å². The minimum atomic E-state index is -0.264. The van der Waals surface area contributed by atoms with Gasteiger partial charge in [0.2, 0.25) is 0 Å². The van der Waals surface area contributed by atoms with Crippen LogP contribution in [0.2, 0.25) is 0 Å². The first-order valence-corrected chi connectivity index (χ1v) is 10.2. The van der Waals surface area contributed by atoms with Crippen LogP contribution < -0.4 is 15.4 Å². The Balaban J connectivity index is 1.66. The number of nitrogens with one attached hydrogen (secondary N) is 2. The van der Waals surface area contributed by atoms with Crippen molar-refractivity contribution in [3.63, 3.8) is 0 Å². The topological polar surface area (TPSA) is 64.0 Å². The van der Waals surface area contributed by atoms with Gasteiger partial charge in [-0.25, -0.2) is 0 Å². The van der Waals surface area contributed by atoms with E-state index in [1.165, 1.54) is 11.3 Å². The number of nitrogens with zero attached hydrogens (tertiary/aromatic N) is 3. The van der Waals surface area contributed by atoms with Gasteiger partial charge in [0.1, 0.15) is 17.0 Å². The number of ether oxygens (including phenoxy) is 1. The van der Waals surface area contributed by atoms with Gasteiger partial charge < -0.3 is 15.4 Å². The highest BCUT2D eigenvalue weighted by atomic mass is 16.5. The van der Waals surface area contributed by atoms with Gasteiger partial charge in [-0.05, 0) is 59.3 Å². The Labute approximate surface area is 160 Å². The third-order valence-electron chi connectivity index (χ3n) is 6.53. The minimum absolute atomic E-state index is 0.143. The summed E-state index contributed by atoms with van der Waals surface area (Å²) in [5, 5.41) is 12.3. The van der Waals surface area contributed by atoms with E-state index in [4.69, 9.17) is 9.84 Å². The van der Waals surface area contributed by atoms with E-state index < -0.39 is 0 Å². The van der Waals surface area contributed by atoms with E-state index in [2.05, 4.69) is 41.1 Å². The van der Waals surface area contributed by atoms with Gasteiger partial charge in [-0.3, -0.25) is 9.67 Å². The SMILES string of the molecule is Cc1c2c(nn1C1CCNC(C)(C)C1)-c1cnccc1OC21CCNCC1.